The second kappa shape index (κ2) is 11.1. The van der Waals surface area contributed by atoms with Crippen molar-refractivity contribution in [3.8, 4) is 5.75 Å². The Morgan fingerprint density at radius 1 is 1.08 bits per heavy atom. The van der Waals surface area contributed by atoms with Gasteiger partial charge in [-0.25, -0.2) is 13.8 Å². The van der Waals surface area contributed by atoms with Crippen LogP contribution in [0.5, 0.6) is 5.75 Å². The van der Waals surface area contributed by atoms with Crippen molar-refractivity contribution in [1.29, 1.82) is 0 Å². The number of fused-ring (bicyclic) bond motifs is 1. The number of aromatic nitrogens is 1. The average Bonchev–Trinajstić information content (AvgIpc) is 3.41. The van der Waals surface area contributed by atoms with E-state index in [2.05, 4.69) is 10.3 Å². The molecule has 1 unspecified atom stereocenters. The van der Waals surface area contributed by atoms with Gasteiger partial charge in [0, 0.05) is 24.0 Å². The van der Waals surface area contributed by atoms with E-state index in [-0.39, 0.29) is 30.1 Å². The van der Waals surface area contributed by atoms with Crippen LogP contribution in [0.4, 0.5) is 14.5 Å². The summed E-state index contributed by atoms with van der Waals surface area (Å²) in [5.74, 6) is -0.577. The minimum Gasteiger partial charge on any atom is -0.486 e. The Labute approximate surface area is 222 Å². The lowest BCUT2D eigenvalue weighted by atomic mass is 9.87. The van der Waals surface area contributed by atoms with Gasteiger partial charge in [-0.3, -0.25) is 9.59 Å². The zero-order valence-corrected chi connectivity index (χ0v) is 21.4. The first kappa shape index (κ1) is 25.5. The Bertz CT molecular complexity index is 1470. The van der Waals surface area contributed by atoms with Crippen molar-refractivity contribution in [2.75, 3.05) is 11.9 Å². The molecule has 0 fully saturated rings. The molecule has 0 saturated carbocycles. The van der Waals surface area contributed by atoms with Crippen LogP contribution in [0.2, 0.25) is 0 Å². The number of rotatable bonds is 7. The first-order valence-electron chi connectivity index (χ1n) is 12.2. The fourth-order valence-corrected chi connectivity index (χ4v) is 5.23. The fraction of sp³-hybridized carbons (Fsp3) is 0.207. The van der Waals surface area contributed by atoms with Gasteiger partial charge >= 0.3 is 0 Å². The van der Waals surface area contributed by atoms with Crippen molar-refractivity contribution in [2.45, 2.75) is 32.4 Å². The van der Waals surface area contributed by atoms with E-state index in [4.69, 9.17) is 4.74 Å². The minimum atomic E-state index is -0.441. The summed E-state index contributed by atoms with van der Waals surface area (Å²) in [7, 11) is 0. The van der Waals surface area contributed by atoms with Crippen molar-refractivity contribution in [3.05, 3.63) is 111 Å². The van der Waals surface area contributed by atoms with Gasteiger partial charge in [-0.15, -0.1) is 11.3 Å². The molecular formula is C29H25F2N3O3S. The van der Waals surface area contributed by atoms with Gasteiger partial charge < -0.3 is 15.0 Å². The van der Waals surface area contributed by atoms with Crippen molar-refractivity contribution in [3.63, 3.8) is 0 Å². The zero-order chi connectivity index (χ0) is 26.6. The maximum atomic E-state index is 13.6. The Hall–Kier alpha value is -4.11. The standard InChI is InChI=1S/C29H25F2N3O3S/c1-2-27(35)34-13-12-18-8-11-23(15-24(18)28(34)19-6-9-20(30)10-7-19)37-16-26-33-25(17-38-26)29(36)32-22-5-3-4-21(31)14-22/h3-11,14-15,17,28H,2,12-13,16H2,1H3,(H,32,36). The highest BCUT2D eigenvalue weighted by atomic mass is 32.1. The van der Waals surface area contributed by atoms with Crippen molar-refractivity contribution >= 4 is 28.8 Å². The lowest BCUT2D eigenvalue weighted by molar-refractivity contribution is -0.132. The van der Waals surface area contributed by atoms with Crippen molar-refractivity contribution < 1.29 is 23.1 Å². The smallest absolute Gasteiger partial charge is 0.275 e. The fourth-order valence-electron chi connectivity index (χ4n) is 4.55. The molecule has 1 atom stereocenters. The SMILES string of the molecule is CCC(=O)N1CCc2ccc(OCc3nc(C(=O)Nc4cccc(F)c4)cs3)cc2C1c1ccc(F)cc1. The largest absolute Gasteiger partial charge is 0.486 e. The third-order valence-electron chi connectivity index (χ3n) is 6.38. The van der Waals surface area contributed by atoms with E-state index < -0.39 is 11.7 Å². The molecule has 2 amide bonds. The number of benzene rings is 3. The first-order valence-corrected chi connectivity index (χ1v) is 13.1. The molecule has 4 aromatic rings. The summed E-state index contributed by atoms with van der Waals surface area (Å²) in [5, 5.41) is 4.86. The molecule has 9 heteroatoms. The highest BCUT2D eigenvalue weighted by molar-refractivity contribution is 7.09. The van der Waals surface area contributed by atoms with Crippen molar-refractivity contribution in [1.82, 2.24) is 9.88 Å². The zero-order valence-electron chi connectivity index (χ0n) is 20.6. The topological polar surface area (TPSA) is 71.5 Å². The van der Waals surface area contributed by atoms with Gasteiger partial charge in [0.05, 0.1) is 6.04 Å². The number of amides is 2. The number of nitrogens with zero attached hydrogens (tertiary/aromatic N) is 2. The van der Waals surface area contributed by atoms with Crippen LogP contribution in [0.15, 0.2) is 72.1 Å². The number of hydrogen-bond acceptors (Lipinski definition) is 5. The molecule has 1 aromatic heterocycles. The number of carbonyl (C=O) groups is 2. The highest BCUT2D eigenvalue weighted by Crippen LogP contribution is 2.37. The number of carbonyl (C=O) groups excluding carboxylic acids is 2. The number of nitrogens with one attached hydrogen (secondary N) is 1. The van der Waals surface area contributed by atoms with Gasteiger partial charge in [0.1, 0.15) is 34.7 Å². The lowest BCUT2D eigenvalue weighted by Crippen LogP contribution is -2.40. The summed E-state index contributed by atoms with van der Waals surface area (Å²) in [6.45, 7) is 2.57. The monoisotopic (exact) mass is 533 g/mol. The van der Waals surface area contributed by atoms with Crippen LogP contribution in [0.1, 0.15) is 51.6 Å². The summed E-state index contributed by atoms with van der Waals surface area (Å²) >= 11 is 1.29. The minimum absolute atomic E-state index is 0.0307. The van der Waals surface area contributed by atoms with Gasteiger partial charge in [-0.1, -0.05) is 31.2 Å². The second-order valence-electron chi connectivity index (χ2n) is 8.89. The molecule has 1 aliphatic rings. The number of halogens is 2. The maximum absolute atomic E-state index is 13.6. The van der Waals surface area contributed by atoms with Crippen molar-refractivity contribution in [2.24, 2.45) is 0 Å². The molecule has 0 bridgehead atoms. The first-order chi connectivity index (χ1) is 18.4. The molecule has 2 heterocycles. The average molecular weight is 534 g/mol. The van der Waals surface area contributed by atoms with E-state index in [1.807, 2.05) is 30.0 Å². The lowest BCUT2D eigenvalue weighted by Gasteiger charge is -2.38. The maximum Gasteiger partial charge on any atom is 0.275 e. The number of ether oxygens (including phenoxy) is 1. The van der Waals surface area contributed by atoms with Gasteiger partial charge in [0.15, 0.2) is 0 Å². The van der Waals surface area contributed by atoms with Gasteiger partial charge in [0.2, 0.25) is 5.91 Å². The van der Waals surface area contributed by atoms with E-state index in [0.717, 1.165) is 23.1 Å². The molecule has 0 radical (unpaired) electrons. The molecule has 6 nitrogen and oxygen atoms in total. The summed E-state index contributed by atoms with van der Waals surface area (Å²) in [6.07, 6.45) is 1.09. The molecule has 3 aromatic carbocycles. The van der Waals surface area contributed by atoms with Crippen LogP contribution < -0.4 is 10.1 Å². The predicted molar refractivity (Wildman–Crippen MR) is 141 cm³/mol. The van der Waals surface area contributed by atoms with E-state index in [9.17, 15) is 18.4 Å². The van der Waals surface area contributed by atoms with Crippen LogP contribution in [0, 0.1) is 11.6 Å². The Balaban J connectivity index is 1.33. The normalized spacial score (nSPS) is 14.6. The van der Waals surface area contributed by atoms with Gasteiger partial charge in [0.25, 0.3) is 5.91 Å². The van der Waals surface area contributed by atoms with E-state index in [1.165, 1.54) is 41.7 Å². The molecule has 0 saturated heterocycles. The molecule has 1 N–H and O–H groups in total. The Morgan fingerprint density at radius 2 is 1.89 bits per heavy atom. The van der Waals surface area contributed by atoms with Crippen LogP contribution >= 0.6 is 11.3 Å². The van der Waals surface area contributed by atoms with Crippen LogP contribution in [-0.4, -0.2) is 28.2 Å². The summed E-state index contributed by atoms with van der Waals surface area (Å²) < 4.78 is 33.0. The van der Waals surface area contributed by atoms with Crippen LogP contribution in [-0.2, 0) is 17.8 Å². The molecule has 0 spiro atoms. The van der Waals surface area contributed by atoms with E-state index in [1.54, 1.807) is 23.6 Å². The Morgan fingerprint density at radius 3 is 2.66 bits per heavy atom. The molecule has 194 valence electrons. The molecule has 38 heavy (non-hydrogen) atoms. The summed E-state index contributed by atoms with van der Waals surface area (Å²) in [6, 6.07) is 17.3. The number of anilines is 1. The summed E-state index contributed by atoms with van der Waals surface area (Å²) in [4.78, 5) is 31.4. The second-order valence-corrected chi connectivity index (χ2v) is 9.83. The third kappa shape index (κ3) is 5.57. The molecule has 1 aliphatic heterocycles. The number of thiazole rings is 1. The summed E-state index contributed by atoms with van der Waals surface area (Å²) in [5.41, 5.74) is 3.45. The number of hydrogen-bond donors (Lipinski definition) is 1. The van der Waals surface area contributed by atoms with E-state index >= 15 is 0 Å². The quantitative estimate of drug-likeness (QED) is 0.310. The molecule has 5 rings (SSSR count). The Kier molecular flexibility index (Phi) is 7.46. The van der Waals surface area contributed by atoms with E-state index in [0.29, 0.717) is 29.4 Å². The third-order valence-corrected chi connectivity index (χ3v) is 7.21. The molecule has 0 aliphatic carbocycles. The molecular weight excluding hydrogens is 508 g/mol. The highest BCUT2D eigenvalue weighted by Gasteiger charge is 2.31. The predicted octanol–water partition coefficient (Wildman–Crippen LogP) is 6.14. The van der Waals surface area contributed by atoms with Gasteiger partial charge in [-0.05, 0) is 65.6 Å². The van der Waals surface area contributed by atoms with Crippen LogP contribution in [0.3, 0.4) is 0 Å². The van der Waals surface area contributed by atoms with Crippen LogP contribution in [0.25, 0.3) is 0 Å². The van der Waals surface area contributed by atoms with Gasteiger partial charge in [-0.2, -0.15) is 0 Å².